The molecule has 1 aliphatic rings. The zero-order valence-electron chi connectivity index (χ0n) is 6.51. The number of hydrogen-bond donors (Lipinski definition) is 1. The molecule has 56 valence electrons. The first-order chi connectivity index (χ1) is 4.86. The normalized spacial score (nSPS) is 17.0. The zero-order valence-corrected chi connectivity index (χ0v) is 6.51. The van der Waals surface area contributed by atoms with Crippen molar-refractivity contribution in [1.82, 2.24) is 0 Å². The second-order valence-electron chi connectivity index (χ2n) is 2.55. The highest BCUT2D eigenvalue weighted by Crippen LogP contribution is 2.08. The van der Waals surface area contributed by atoms with Crippen LogP contribution in [0, 0.1) is 0 Å². The second kappa shape index (κ2) is 3.52. The van der Waals surface area contributed by atoms with Crippen LogP contribution >= 0.6 is 0 Å². The van der Waals surface area contributed by atoms with Crippen LogP contribution in [0.3, 0.4) is 0 Å². The molecule has 0 aromatic heterocycles. The van der Waals surface area contributed by atoms with E-state index in [-0.39, 0.29) is 0 Å². The van der Waals surface area contributed by atoms with Crippen molar-refractivity contribution in [2.75, 3.05) is 13.1 Å². The second-order valence-corrected chi connectivity index (χ2v) is 2.55. The average Bonchev–Trinajstić information content (AvgIpc) is 2.37. The van der Waals surface area contributed by atoms with E-state index in [0.717, 1.165) is 25.9 Å². The molecule has 0 saturated carbocycles. The Morgan fingerprint density at radius 3 is 3.00 bits per heavy atom. The molecule has 0 spiro atoms. The van der Waals surface area contributed by atoms with Gasteiger partial charge in [0.05, 0.1) is 13.0 Å². The standard InChI is InChI=1S/C8H15N2/c1-2-8-3-5-10(7-8)6-4-9/h5,7H,2-4,6,9H2,1H3/q+1. The average molecular weight is 139 g/mol. The molecule has 0 saturated heterocycles. The first-order valence-corrected chi connectivity index (χ1v) is 3.85. The fourth-order valence-electron chi connectivity index (χ4n) is 1.11. The van der Waals surface area contributed by atoms with E-state index in [1.807, 2.05) is 0 Å². The van der Waals surface area contributed by atoms with Crippen molar-refractivity contribution < 1.29 is 4.58 Å². The van der Waals surface area contributed by atoms with E-state index in [9.17, 15) is 0 Å². The molecule has 2 nitrogen and oxygen atoms in total. The summed E-state index contributed by atoms with van der Waals surface area (Å²) in [6.07, 6.45) is 6.69. The Morgan fingerprint density at radius 1 is 1.70 bits per heavy atom. The van der Waals surface area contributed by atoms with Gasteiger partial charge in [-0.3, -0.25) is 0 Å². The van der Waals surface area contributed by atoms with Crippen LogP contribution in [0.15, 0.2) is 11.8 Å². The van der Waals surface area contributed by atoms with Crippen molar-refractivity contribution >= 4 is 6.21 Å². The van der Waals surface area contributed by atoms with E-state index < -0.39 is 0 Å². The van der Waals surface area contributed by atoms with Gasteiger partial charge in [-0.2, -0.15) is 0 Å². The first-order valence-electron chi connectivity index (χ1n) is 3.85. The monoisotopic (exact) mass is 139 g/mol. The molecule has 0 aliphatic carbocycles. The fraction of sp³-hybridized carbons (Fsp3) is 0.625. The molecule has 10 heavy (non-hydrogen) atoms. The van der Waals surface area contributed by atoms with Gasteiger partial charge in [0, 0.05) is 5.57 Å². The number of hydrogen-bond acceptors (Lipinski definition) is 1. The summed E-state index contributed by atoms with van der Waals surface area (Å²) >= 11 is 0. The Bertz CT molecular complexity index is 168. The molecule has 1 heterocycles. The van der Waals surface area contributed by atoms with Gasteiger partial charge in [-0.25, -0.2) is 4.58 Å². The summed E-state index contributed by atoms with van der Waals surface area (Å²) < 4.78 is 2.18. The van der Waals surface area contributed by atoms with Gasteiger partial charge >= 0.3 is 0 Å². The molecule has 0 radical (unpaired) electrons. The quantitative estimate of drug-likeness (QED) is 0.574. The third kappa shape index (κ3) is 1.67. The summed E-state index contributed by atoms with van der Waals surface area (Å²) in [5.41, 5.74) is 6.91. The van der Waals surface area contributed by atoms with E-state index in [2.05, 4.69) is 23.9 Å². The lowest BCUT2D eigenvalue weighted by atomic mass is 10.2. The molecule has 0 amide bonds. The van der Waals surface area contributed by atoms with E-state index in [4.69, 9.17) is 5.73 Å². The number of rotatable bonds is 3. The van der Waals surface area contributed by atoms with Gasteiger partial charge in [0.1, 0.15) is 6.21 Å². The highest BCUT2D eigenvalue weighted by Gasteiger charge is 2.09. The number of allylic oxidation sites excluding steroid dienone is 1. The van der Waals surface area contributed by atoms with Crippen LogP contribution in [-0.4, -0.2) is 23.9 Å². The molecule has 2 N–H and O–H groups in total. The zero-order chi connectivity index (χ0) is 7.40. The van der Waals surface area contributed by atoms with Crippen molar-refractivity contribution in [3.05, 3.63) is 11.8 Å². The predicted octanol–water partition coefficient (Wildman–Crippen LogP) is 0.726. The number of nitrogens with two attached hydrogens (primary N) is 1. The van der Waals surface area contributed by atoms with E-state index in [1.54, 1.807) is 0 Å². The van der Waals surface area contributed by atoms with Gasteiger partial charge in [-0.15, -0.1) is 0 Å². The largest absolute Gasteiger partial charge is 0.325 e. The maximum Gasteiger partial charge on any atom is 0.168 e. The minimum absolute atomic E-state index is 0.740. The van der Waals surface area contributed by atoms with Crippen molar-refractivity contribution in [1.29, 1.82) is 0 Å². The molecule has 0 aromatic rings. The Balaban J connectivity index is 2.42. The SMILES string of the molecule is CCC1=C[N+](CCN)=CC1. The van der Waals surface area contributed by atoms with Crippen LogP contribution in [0.2, 0.25) is 0 Å². The summed E-state index contributed by atoms with van der Waals surface area (Å²) in [5.74, 6) is 0. The van der Waals surface area contributed by atoms with Crippen LogP contribution in [-0.2, 0) is 0 Å². The molecule has 0 unspecified atom stereocenters. The summed E-state index contributed by atoms with van der Waals surface area (Å²) in [7, 11) is 0. The van der Waals surface area contributed by atoms with Gasteiger partial charge in [-0.05, 0) is 6.42 Å². The third-order valence-electron chi connectivity index (χ3n) is 1.78. The highest BCUT2D eigenvalue weighted by atomic mass is 15.0. The van der Waals surface area contributed by atoms with Crippen molar-refractivity contribution in [3.63, 3.8) is 0 Å². The van der Waals surface area contributed by atoms with Crippen molar-refractivity contribution in [2.45, 2.75) is 19.8 Å². The Morgan fingerprint density at radius 2 is 2.50 bits per heavy atom. The molecule has 1 rings (SSSR count). The molecule has 0 bridgehead atoms. The molecule has 1 aliphatic heterocycles. The van der Waals surface area contributed by atoms with Crippen LogP contribution in [0.25, 0.3) is 0 Å². The Kier molecular flexibility index (Phi) is 2.63. The molecular formula is C8H15N2+. The highest BCUT2D eigenvalue weighted by molar-refractivity contribution is 5.58. The van der Waals surface area contributed by atoms with Gasteiger partial charge in [0.15, 0.2) is 12.7 Å². The van der Waals surface area contributed by atoms with Crippen molar-refractivity contribution in [3.8, 4) is 0 Å². The predicted molar refractivity (Wildman–Crippen MR) is 43.2 cm³/mol. The molecular weight excluding hydrogens is 124 g/mol. The first kappa shape index (κ1) is 7.48. The van der Waals surface area contributed by atoms with Crippen LogP contribution in [0.5, 0.6) is 0 Å². The molecule has 0 atom stereocenters. The van der Waals surface area contributed by atoms with E-state index in [1.165, 1.54) is 5.57 Å². The lowest BCUT2D eigenvalue weighted by molar-refractivity contribution is -0.446. The number of nitrogens with zero attached hydrogens (tertiary/aromatic N) is 1. The minimum Gasteiger partial charge on any atom is -0.325 e. The van der Waals surface area contributed by atoms with Crippen LogP contribution in [0.1, 0.15) is 19.8 Å². The molecule has 0 aromatic carbocycles. The summed E-state index contributed by atoms with van der Waals surface area (Å²) in [6, 6.07) is 0. The Labute approximate surface area is 62.0 Å². The van der Waals surface area contributed by atoms with E-state index in [0.29, 0.717) is 0 Å². The van der Waals surface area contributed by atoms with Crippen LogP contribution in [0.4, 0.5) is 0 Å². The maximum atomic E-state index is 5.40. The Hall–Kier alpha value is -0.630. The summed E-state index contributed by atoms with van der Waals surface area (Å²) in [6.45, 7) is 3.89. The van der Waals surface area contributed by atoms with Gasteiger partial charge in [-0.1, -0.05) is 6.92 Å². The third-order valence-corrected chi connectivity index (χ3v) is 1.78. The summed E-state index contributed by atoms with van der Waals surface area (Å²) in [4.78, 5) is 0. The molecule has 2 heteroatoms. The lowest BCUT2D eigenvalue weighted by Crippen LogP contribution is -2.14. The molecule has 0 fully saturated rings. The van der Waals surface area contributed by atoms with Gasteiger partial charge < -0.3 is 5.73 Å². The van der Waals surface area contributed by atoms with Crippen LogP contribution < -0.4 is 5.73 Å². The van der Waals surface area contributed by atoms with E-state index >= 15 is 0 Å². The fourth-order valence-corrected chi connectivity index (χ4v) is 1.11. The van der Waals surface area contributed by atoms with Gasteiger partial charge in [0.2, 0.25) is 0 Å². The summed E-state index contributed by atoms with van der Waals surface area (Å²) in [5, 5.41) is 0. The maximum absolute atomic E-state index is 5.40. The minimum atomic E-state index is 0.740. The van der Waals surface area contributed by atoms with Crippen molar-refractivity contribution in [2.24, 2.45) is 5.73 Å². The topological polar surface area (TPSA) is 29.0 Å². The lowest BCUT2D eigenvalue weighted by Gasteiger charge is -1.88. The van der Waals surface area contributed by atoms with Gasteiger partial charge in [0.25, 0.3) is 0 Å². The smallest absolute Gasteiger partial charge is 0.168 e.